The predicted molar refractivity (Wildman–Crippen MR) is 219 cm³/mol. The molecule has 0 aliphatic rings. The molecule has 0 bridgehead atoms. The molecule has 1 atom stereocenters. The molecule has 0 fully saturated rings. The summed E-state index contributed by atoms with van der Waals surface area (Å²) in [6.45, 7) is 6.32. The van der Waals surface area contributed by atoms with Gasteiger partial charge in [0.2, 0.25) is 0 Å². The fraction of sp³-hybridized carbons (Fsp3) is 0.674. The Labute approximate surface area is 319 Å². The molecule has 0 saturated carbocycles. The number of ether oxygens (including phenoxy) is 3. The molecule has 0 heterocycles. The van der Waals surface area contributed by atoms with Crippen LogP contribution in [0.4, 0.5) is 0 Å². The maximum Gasteiger partial charge on any atom is 0.309 e. The number of esters is 3. The van der Waals surface area contributed by atoms with E-state index in [0.717, 1.165) is 83.5 Å². The molecule has 0 rings (SSSR count). The topological polar surface area (TPSA) is 78.9 Å². The fourth-order valence-electron chi connectivity index (χ4n) is 5.33. The third kappa shape index (κ3) is 38.1. The van der Waals surface area contributed by atoms with Crippen LogP contribution in [0.5, 0.6) is 0 Å². The third-order valence-corrected chi connectivity index (χ3v) is 8.48. The van der Waals surface area contributed by atoms with Crippen molar-refractivity contribution < 1.29 is 28.6 Å². The molecule has 0 aliphatic heterocycles. The van der Waals surface area contributed by atoms with Crippen molar-refractivity contribution in [2.24, 2.45) is 0 Å². The summed E-state index contributed by atoms with van der Waals surface area (Å²) in [6.07, 6.45) is 49.2. The van der Waals surface area contributed by atoms with Gasteiger partial charge >= 0.3 is 17.9 Å². The lowest BCUT2D eigenvalue weighted by Crippen LogP contribution is -2.30. The Morgan fingerprint density at radius 3 is 1.37 bits per heavy atom. The largest absolute Gasteiger partial charge is 0.462 e. The average Bonchev–Trinajstić information content (AvgIpc) is 3.14. The van der Waals surface area contributed by atoms with Crippen molar-refractivity contribution in [2.75, 3.05) is 13.2 Å². The number of hydrogen-bond acceptors (Lipinski definition) is 6. The van der Waals surface area contributed by atoms with Crippen molar-refractivity contribution in [1.82, 2.24) is 0 Å². The van der Waals surface area contributed by atoms with Gasteiger partial charge in [-0.3, -0.25) is 14.4 Å². The summed E-state index contributed by atoms with van der Waals surface area (Å²) in [6, 6.07) is 0. The van der Waals surface area contributed by atoms with Gasteiger partial charge in [0.1, 0.15) is 13.2 Å². The SMILES string of the molecule is CC/C=C\C/C=C\C/C=C\C/C=C\C/C=C\CC(=O)OCC(COC(=O)CCCCCCCCC)OC(=O)CCCCCCC/C=C\CCCCC. The second-order valence-corrected chi connectivity index (χ2v) is 13.5. The van der Waals surface area contributed by atoms with Crippen molar-refractivity contribution in [3.05, 3.63) is 72.9 Å². The van der Waals surface area contributed by atoms with E-state index in [0.29, 0.717) is 12.8 Å². The highest BCUT2D eigenvalue weighted by Crippen LogP contribution is 2.12. The van der Waals surface area contributed by atoms with Gasteiger partial charge in [0, 0.05) is 12.8 Å². The zero-order valence-corrected chi connectivity index (χ0v) is 33.5. The van der Waals surface area contributed by atoms with Crippen LogP contribution in [0.1, 0.15) is 181 Å². The van der Waals surface area contributed by atoms with Gasteiger partial charge in [-0.15, -0.1) is 0 Å². The molecule has 52 heavy (non-hydrogen) atoms. The standard InChI is InChI=1S/C46H76O6/c1-4-7-10-13-16-18-20-22-23-24-26-27-30-33-36-39-45(48)51-42-43(41-50-44(47)38-35-32-29-15-12-9-6-3)52-46(49)40-37-34-31-28-25-21-19-17-14-11-8-5-2/h7,10,16-19,22-23,26-27,33,36,43H,4-6,8-9,11-15,20-21,24-25,28-32,34-35,37-42H2,1-3H3/b10-7-,18-16-,19-17-,23-22-,27-26-,36-33-. The number of rotatable bonds is 36. The van der Waals surface area contributed by atoms with E-state index in [4.69, 9.17) is 14.2 Å². The van der Waals surface area contributed by atoms with E-state index in [-0.39, 0.29) is 31.6 Å². The molecule has 1 unspecified atom stereocenters. The Morgan fingerprint density at radius 1 is 0.423 bits per heavy atom. The van der Waals surface area contributed by atoms with E-state index in [1.165, 1.54) is 57.8 Å². The molecule has 0 aromatic carbocycles. The lowest BCUT2D eigenvalue weighted by molar-refractivity contribution is -0.166. The van der Waals surface area contributed by atoms with E-state index in [2.05, 4.69) is 81.5 Å². The molecule has 0 aromatic heterocycles. The molecule has 0 radical (unpaired) electrons. The molecular formula is C46H76O6. The quantitative estimate of drug-likeness (QED) is 0.0277. The lowest BCUT2D eigenvalue weighted by atomic mass is 10.1. The Morgan fingerprint density at radius 2 is 0.827 bits per heavy atom. The lowest BCUT2D eigenvalue weighted by Gasteiger charge is -2.18. The molecule has 0 N–H and O–H groups in total. The number of allylic oxidation sites excluding steroid dienone is 11. The van der Waals surface area contributed by atoms with Crippen LogP contribution in [0.15, 0.2) is 72.9 Å². The van der Waals surface area contributed by atoms with Gasteiger partial charge in [-0.25, -0.2) is 0 Å². The highest BCUT2D eigenvalue weighted by molar-refractivity contribution is 5.72. The molecule has 296 valence electrons. The van der Waals surface area contributed by atoms with Gasteiger partial charge in [0.05, 0.1) is 6.42 Å². The van der Waals surface area contributed by atoms with E-state index >= 15 is 0 Å². The monoisotopic (exact) mass is 725 g/mol. The van der Waals surface area contributed by atoms with Gasteiger partial charge < -0.3 is 14.2 Å². The number of carbonyl (C=O) groups is 3. The van der Waals surface area contributed by atoms with Crippen molar-refractivity contribution in [3.63, 3.8) is 0 Å². The first kappa shape index (κ1) is 48.9. The zero-order valence-electron chi connectivity index (χ0n) is 33.5. The van der Waals surface area contributed by atoms with Crippen molar-refractivity contribution in [1.29, 1.82) is 0 Å². The van der Waals surface area contributed by atoms with E-state index < -0.39 is 12.1 Å². The van der Waals surface area contributed by atoms with Gasteiger partial charge in [-0.2, -0.15) is 0 Å². The number of hydrogen-bond donors (Lipinski definition) is 0. The predicted octanol–water partition coefficient (Wildman–Crippen LogP) is 13.1. The van der Waals surface area contributed by atoms with Crippen molar-refractivity contribution >= 4 is 17.9 Å². The molecule has 6 nitrogen and oxygen atoms in total. The number of carbonyl (C=O) groups excluding carboxylic acids is 3. The first-order valence-corrected chi connectivity index (χ1v) is 20.9. The van der Waals surface area contributed by atoms with Crippen LogP contribution in [0, 0.1) is 0 Å². The minimum absolute atomic E-state index is 0.109. The fourth-order valence-corrected chi connectivity index (χ4v) is 5.33. The number of unbranched alkanes of at least 4 members (excludes halogenated alkanes) is 14. The highest BCUT2D eigenvalue weighted by atomic mass is 16.6. The minimum Gasteiger partial charge on any atom is -0.462 e. The summed E-state index contributed by atoms with van der Waals surface area (Å²) in [5.41, 5.74) is 0. The Kier molecular flexibility index (Phi) is 38.2. The Balaban J connectivity index is 4.50. The minimum atomic E-state index is -0.813. The maximum absolute atomic E-state index is 12.6. The van der Waals surface area contributed by atoms with E-state index in [1.54, 1.807) is 6.08 Å². The average molecular weight is 725 g/mol. The first-order valence-electron chi connectivity index (χ1n) is 20.9. The van der Waals surface area contributed by atoms with E-state index in [9.17, 15) is 14.4 Å². The zero-order chi connectivity index (χ0) is 38.0. The van der Waals surface area contributed by atoms with Crippen LogP contribution in [-0.4, -0.2) is 37.2 Å². The third-order valence-electron chi connectivity index (χ3n) is 8.48. The maximum atomic E-state index is 12.6. The van der Waals surface area contributed by atoms with Crippen molar-refractivity contribution in [3.8, 4) is 0 Å². The second-order valence-electron chi connectivity index (χ2n) is 13.5. The van der Waals surface area contributed by atoms with Gasteiger partial charge in [0.15, 0.2) is 6.10 Å². The summed E-state index contributed by atoms with van der Waals surface area (Å²) in [7, 11) is 0. The Hall–Kier alpha value is -3.15. The van der Waals surface area contributed by atoms with Crippen LogP contribution >= 0.6 is 0 Å². The van der Waals surface area contributed by atoms with Crippen LogP contribution in [0.2, 0.25) is 0 Å². The summed E-state index contributed by atoms with van der Waals surface area (Å²) >= 11 is 0. The van der Waals surface area contributed by atoms with E-state index in [1.807, 2.05) is 6.08 Å². The molecule has 6 heteroatoms. The van der Waals surface area contributed by atoms with Gasteiger partial charge in [0.25, 0.3) is 0 Å². The van der Waals surface area contributed by atoms with Crippen LogP contribution in [0.3, 0.4) is 0 Å². The second kappa shape index (κ2) is 40.6. The van der Waals surface area contributed by atoms with Crippen LogP contribution in [-0.2, 0) is 28.6 Å². The summed E-state index contributed by atoms with van der Waals surface area (Å²) in [5.74, 6) is -1.07. The molecule has 0 aliphatic carbocycles. The molecule has 0 spiro atoms. The summed E-state index contributed by atoms with van der Waals surface area (Å²) < 4.78 is 16.5. The van der Waals surface area contributed by atoms with Gasteiger partial charge in [-0.1, -0.05) is 164 Å². The first-order chi connectivity index (χ1) is 25.5. The molecule has 0 saturated heterocycles. The van der Waals surface area contributed by atoms with Crippen LogP contribution in [0.25, 0.3) is 0 Å². The van der Waals surface area contributed by atoms with Crippen LogP contribution < -0.4 is 0 Å². The highest BCUT2D eigenvalue weighted by Gasteiger charge is 2.19. The van der Waals surface area contributed by atoms with Gasteiger partial charge in [-0.05, 0) is 70.6 Å². The summed E-state index contributed by atoms with van der Waals surface area (Å²) in [5, 5.41) is 0. The molecule has 0 aromatic rings. The summed E-state index contributed by atoms with van der Waals surface area (Å²) in [4.78, 5) is 37.4. The molecular weight excluding hydrogens is 648 g/mol. The molecule has 0 amide bonds. The van der Waals surface area contributed by atoms with Crippen molar-refractivity contribution in [2.45, 2.75) is 187 Å². The Bertz CT molecular complexity index is 1020. The normalized spacial score (nSPS) is 12.8. The smallest absolute Gasteiger partial charge is 0.309 e.